The molecule has 0 unspecified atom stereocenters. The number of aromatic nitrogens is 3. The molecule has 0 aliphatic carbocycles. The molecule has 33 heavy (non-hydrogen) atoms. The van der Waals surface area contributed by atoms with Crippen molar-refractivity contribution in [2.75, 3.05) is 25.3 Å². The number of nitrogens with one attached hydrogen (secondary N) is 1. The number of halogens is 1. The van der Waals surface area contributed by atoms with Crippen LogP contribution in [0.2, 0.25) is 5.02 Å². The molecular weight excluding hydrogens is 460 g/mol. The van der Waals surface area contributed by atoms with Crippen molar-refractivity contribution in [3.05, 3.63) is 77.8 Å². The van der Waals surface area contributed by atoms with Crippen LogP contribution in [0.25, 0.3) is 17.1 Å². The Balaban J connectivity index is 1.65. The van der Waals surface area contributed by atoms with E-state index in [0.29, 0.717) is 27.4 Å². The third kappa shape index (κ3) is 5.13. The third-order valence-electron chi connectivity index (χ3n) is 4.79. The Bertz CT molecular complexity index is 1260. The lowest BCUT2D eigenvalue weighted by Crippen LogP contribution is -2.14. The van der Waals surface area contributed by atoms with Crippen LogP contribution >= 0.6 is 23.4 Å². The van der Waals surface area contributed by atoms with E-state index in [9.17, 15) is 4.79 Å². The summed E-state index contributed by atoms with van der Waals surface area (Å²) >= 11 is 7.42. The first-order valence-corrected chi connectivity index (χ1v) is 11.4. The van der Waals surface area contributed by atoms with Gasteiger partial charge in [-0.1, -0.05) is 47.6 Å². The molecule has 0 fully saturated rings. The van der Waals surface area contributed by atoms with E-state index in [1.54, 1.807) is 26.4 Å². The van der Waals surface area contributed by atoms with Crippen molar-refractivity contribution in [3.8, 4) is 28.6 Å². The van der Waals surface area contributed by atoms with Crippen molar-refractivity contribution in [3.63, 3.8) is 0 Å². The van der Waals surface area contributed by atoms with Gasteiger partial charge in [-0.15, -0.1) is 10.2 Å². The number of hydrogen-bond acceptors (Lipinski definition) is 6. The fourth-order valence-corrected chi connectivity index (χ4v) is 4.15. The van der Waals surface area contributed by atoms with Crippen LogP contribution in [-0.4, -0.2) is 40.6 Å². The summed E-state index contributed by atoms with van der Waals surface area (Å²) in [6, 6.07) is 22.2. The summed E-state index contributed by atoms with van der Waals surface area (Å²) in [6.45, 7) is 0. The van der Waals surface area contributed by atoms with Gasteiger partial charge in [-0.2, -0.15) is 0 Å². The minimum Gasteiger partial charge on any atom is -0.497 e. The Hall–Kier alpha value is -3.49. The molecule has 0 aliphatic rings. The fourth-order valence-electron chi connectivity index (χ4n) is 3.21. The van der Waals surface area contributed by atoms with E-state index in [2.05, 4.69) is 15.5 Å². The fraction of sp³-hybridized carbons (Fsp3) is 0.125. The summed E-state index contributed by atoms with van der Waals surface area (Å²) in [5.74, 6) is 1.94. The van der Waals surface area contributed by atoms with E-state index in [-0.39, 0.29) is 11.7 Å². The number of nitrogens with zero attached hydrogens (tertiary/aromatic N) is 3. The predicted molar refractivity (Wildman–Crippen MR) is 131 cm³/mol. The van der Waals surface area contributed by atoms with Crippen LogP contribution in [-0.2, 0) is 4.79 Å². The lowest BCUT2D eigenvalue weighted by atomic mass is 10.2. The molecule has 0 spiro atoms. The maximum atomic E-state index is 12.6. The van der Waals surface area contributed by atoms with E-state index in [1.165, 1.54) is 11.8 Å². The summed E-state index contributed by atoms with van der Waals surface area (Å²) in [6.07, 6.45) is 0. The Labute approximate surface area is 200 Å². The zero-order valence-corrected chi connectivity index (χ0v) is 19.6. The topological polar surface area (TPSA) is 78.3 Å². The second kappa shape index (κ2) is 10.4. The number of para-hydroxylation sites is 2. The lowest BCUT2D eigenvalue weighted by Gasteiger charge is -2.13. The number of amides is 1. The number of hydrogen-bond donors (Lipinski definition) is 1. The highest BCUT2D eigenvalue weighted by atomic mass is 35.5. The molecular formula is C24H21ClN4O3S. The van der Waals surface area contributed by atoms with Crippen molar-refractivity contribution in [2.45, 2.75) is 5.16 Å². The summed E-state index contributed by atoms with van der Waals surface area (Å²) in [4.78, 5) is 12.6. The van der Waals surface area contributed by atoms with Crippen LogP contribution in [0.3, 0.4) is 0 Å². The quantitative estimate of drug-likeness (QED) is 0.343. The largest absolute Gasteiger partial charge is 0.497 e. The van der Waals surface area contributed by atoms with E-state index >= 15 is 0 Å². The van der Waals surface area contributed by atoms with Gasteiger partial charge in [-0.05, 0) is 48.5 Å². The first-order chi connectivity index (χ1) is 16.1. The minimum absolute atomic E-state index is 0.130. The summed E-state index contributed by atoms with van der Waals surface area (Å²) in [5.41, 5.74) is 2.18. The van der Waals surface area contributed by atoms with Gasteiger partial charge in [0.15, 0.2) is 11.0 Å². The molecule has 1 heterocycles. The van der Waals surface area contributed by atoms with Gasteiger partial charge in [0.25, 0.3) is 0 Å². The van der Waals surface area contributed by atoms with Crippen molar-refractivity contribution in [1.29, 1.82) is 0 Å². The van der Waals surface area contributed by atoms with E-state index in [0.717, 1.165) is 17.0 Å². The Morgan fingerprint density at radius 1 is 0.970 bits per heavy atom. The van der Waals surface area contributed by atoms with E-state index in [1.807, 2.05) is 65.2 Å². The second-order valence-electron chi connectivity index (χ2n) is 6.86. The van der Waals surface area contributed by atoms with Crippen LogP contribution in [0.4, 0.5) is 5.69 Å². The van der Waals surface area contributed by atoms with Crippen LogP contribution in [0.15, 0.2) is 78.0 Å². The second-order valence-corrected chi connectivity index (χ2v) is 8.21. The molecule has 1 N–H and O–H groups in total. The molecule has 4 aromatic rings. The van der Waals surface area contributed by atoms with Crippen LogP contribution in [0.5, 0.6) is 11.5 Å². The molecule has 1 aromatic heterocycles. The van der Waals surface area contributed by atoms with Crippen molar-refractivity contribution < 1.29 is 14.3 Å². The maximum Gasteiger partial charge on any atom is 0.234 e. The van der Waals surface area contributed by atoms with E-state index in [4.69, 9.17) is 21.1 Å². The summed E-state index contributed by atoms with van der Waals surface area (Å²) < 4.78 is 12.7. The zero-order chi connectivity index (χ0) is 23.2. The maximum absolute atomic E-state index is 12.6. The average Bonchev–Trinajstić information content (AvgIpc) is 3.28. The molecule has 0 aliphatic heterocycles. The van der Waals surface area contributed by atoms with E-state index < -0.39 is 0 Å². The molecule has 0 saturated heterocycles. The Morgan fingerprint density at radius 3 is 2.42 bits per heavy atom. The zero-order valence-electron chi connectivity index (χ0n) is 18.0. The molecule has 0 bridgehead atoms. The van der Waals surface area contributed by atoms with Crippen LogP contribution in [0.1, 0.15) is 0 Å². The SMILES string of the molecule is COc1ccc(-n2c(SCC(=O)Nc3ccccc3Cl)nnc2-c2ccccc2OC)cc1. The Kier molecular flexibility index (Phi) is 7.16. The highest BCUT2D eigenvalue weighted by Gasteiger charge is 2.20. The number of rotatable bonds is 8. The molecule has 4 rings (SSSR count). The highest BCUT2D eigenvalue weighted by Crippen LogP contribution is 2.33. The van der Waals surface area contributed by atoms with Gasteiger partial charge in [0, 0.05) is 0 Å². The first-order valence-electron chi connectivity index (χ1n) is 10.0. The molecule has 0 saturated carbocycles. The molecule has 0 radical (unpaired) electrons. The lowest BCUT2D eigenvalue weighted by molar-refractivity contribution is -0.113. The van der Waals surface area contributed by atoms with Gasteiger partial charge in [-0.25, -0.2) is 0 Å². The van der Waals surface area contributed by atoms with Gasteiger partial charge in [0.1, 0.15) is 11.5 Å². The number of methoxy groups -OCH3 is 2. The number of anilines is 1. The predicted octanol–water partition coefficient (Wildman–Crippen LogP) is 5.34. The average molecular weight is 481 g/mol. The smallest absolute Gasteiger partial charge is 0.234 e. The number of carbonyl (C=O) groups is 1. The number of ether oxygens (including phenoxy) is 2. The van der Waals surface area contributed by atoms with Gasteiger partial charge in [0.05, 0.1) is 41.9 Å². The van der Waals surface area contributed by atoms with Crippen molar-refractivity contribution >= 4 is 35.0 Å². The van der Waals surface area contributed by atoms with Crippen molar-refractivity contribution in [1.82, 2.24) is 14.8 Å². The first kappa shape index (κ1) is 22.7. The van der Waals surface area contributed by atoms with Crippen LogP contribution in [0, 0.1) is 0 Å². The molecule has 0 atom stereocenters. The van der Waals surface area contributed by atoms with Gasteiger partial charge in [-0.3, -0.25) is 9.36 Å². The van der Waals surface area contributed by atoms with Crippen LogP contribution < -0.4 is 14.8 Å². The monoisotopic (exact) mass is 480 g/mol. The van der Waals surface area contributed by atoms with Gasteiger partial charge < -0.3 is 14.8 Å². The molecule has 1 amide bonds. The summed E-state index contributed by atoms with van der Waals surface area (Å²) in [7, 11) is 3.23. The standard InChI is InChI=1S/C24H21ClN4O3S/c1-31-17-13-11-16(12-14-17)29-23(18-7-3-6-10-21(18)32-2)27-28-24(29)33-15-22(30)26-20-9-5-4-8-19(20)25/h3-14H,15H2,1-2H3,(H,26,30). The number of benzene rings is 3. The molecule has 9 heteroatoms. The normalized spacial score (nSPS) is 10.6. The highest BCUT2D eigenvalue weighted by molar-refractivity contribution is 7.99. The minimum atomic E-state index is -0.198. The number of carbonyl (C=O) groups excluding carboxylic acids is 1. The Morgan fingerprint density at radius 2 is 1.70 bits per heavy atom. The molecule has 7 nitrogen and oxygen atoms in total. The van der Waals surface area contributed by atoms with Gasteiger partial charge >= 0.3 is 0 Å². The molecule has 168 valence electrons. The number of thioether (sulfide) groups is 1. The van der Waals surface area contributed by atoms with Crippen molar-refractivity contribution in [2.24, 2.45) is 0 Å². The summed E-state index contributed by atoms with van der Waals surface area (Å²) in [5, 5.41) is 12.7. The third-order valence-corrected chi connectivity index (χ3v) is 6.05. The van der Waals surface area contributed by atoms with Gasteiger partial charge in [0.2, 0.25) is 5.91 Å². The molecule has 3 aromatic carbocycles.